The zero-order valence-corrected chi connectivity index (χ0v) is 15.2. The Balaban J connectivity index is 1.45. The van der Waals surface area contributed by atoms with Crippen molar-refractivity contribution in [2.45, 2.75) is 0 Å². The molecule has 142 valence electrons. The number of benzene rings is 2. The zero-order chi connectivity index (χ0) is 19.5. The second kappa shape index (κ2) is 7.64. The molecule has 0 atom stereocenters. The van der Waals surface area contributed by atoms with E-state index in [9.17, 15) is 14.0 Å². The molecule has 0 saturated carbocycles. The fourth-order valence-electron chi connectivity index (χ4n) is 3.30. The predicted octanol–water partition coefficient (Wildman–Crippen LogP) is 2.61. The Kier molecular flexibility index (Phi) is 4.89. The van der Waals surface area contributed by atoms with Crippen molar-refractivity contribution in [3.8, 4) is 5.69 Å². The van der Waals surface area contributed by atoms with Crippen LogP contribution in [0.25, 0.3) is 5.69 Å². The van der Waals surface area contributed by atoms with Gasteiger partial charge in [0.25, 0.3) is 11.8 Å². The monoisotopic (exact) mass is 378 g/mol. The number of hydrogen-bond acceptors (Lipinski definition) is 3. The van der Waals surface area contributed by atoms with Gasteiger partial charge in [-0.1, -0.05) is 18.2 Å². The highest BCUT2D eigenvalue weighted by molar-refractivity contribution is 5.95. The summed E-state index contributed by atoms with van der Waals surface area (Å²) in [6, 6.07) is 15.0. The molecule has 4 rings (SSSR count). The van der Waals surface area contributed by atoms with E-state index >= 15 is 0 Å². The molecule has 3 aromatic rings. The number of aromatic nitrogens is 2. The third kappa shape index (κ3) is 3.51. The Morgan fingerprint density at radius 3 is 2.07 bits per heavy atom. The van der Waals surface area contributed by atoms with Crippen molar-refractivity contribution in [1.82, 2.24) is 19.4 Å². The van der Waals surface area contributed by atoms with Gasteiger partial charge in [-0.05, 0) is 36.4 Å². The predicted molar refractivity (Wildman–Crippen MR) is 102 cm³/mol. The van der Waals surface area contributed by atoms with E-state index in [1.165, 1.54) is 24.7 Å². The SMILES string of the molecule is O=C(c1ccccc1)N1CCN(C(=O)c2cncn2-c2ccc(F)cc2)CC1. The summed E-state index contributed by atoms with van der Waals surface area (Å²) < 4.78 is 14.8. The Bertz CT molecular complexity index is 977. The fourth-order valence-corrected chi connectivity index (χ4v) is 3.30. The van der Waals surface area contributed by atoms with Gasteiger partial charge in [0.05, 0.1) is 12.5 Å². The van der Waals surface area contributed by atoms with Crippen LogP contribution >= 0.6 is 0 Å². The first kappa shape index (κ1) is 17.9. The number of amides is 2. The van der Waals surface area contributed by atoms with Crippen LogP contribution in [-0.4, -0.2) is 57.3 Å². The second-order valence-corrected chi connectivity index (χ2v) is 6.58. The number of rotatable bonds is 3. The Hall–Kier alpha value is -3.48. The maximum absolute atomic E-state index is 13.2. The summed E-state index contributed by atoms with van der Waals surface area (Å²) in [5, 5.41) is 0. The Morgan fingerprint density at radius 1 is 0.821 bits per heavy atom. The van der Waals surface area contributed by atoms with Crippen molar-refractivity contribution >= 4 is 11.8 Å². The molecule has 0 spiro atoms. The van der Waals surface area contributed by atoms with Crippen LogP contribution in [0, 0.1) is 5.82 Å². The van der Waals surface area contributed by atoms with Crippen LogP contribution in [0.4, 0.5) is 4.39 Å². The molecule has 1 saturated heterocycles. The molecule has 1 aliphatic heterocycles. The number of imidazole rings is 1. The summed E-state index contributed by atoms with van der Waals surface area (Å²) >= 11 is 0. The average molecular weight is 378 g/mol. The molecule has 2 aromatic carbocycles. The zero-order valence-electron chi connectivity index (χ0n) is 15.2. The number of nitrogens with zero attached hydrogens (tertiary/aromatic N) is 4. The van der Waals surface area contributed by atoms with Crippen LogP contribution < -0.4 is 0 Å². The first-order valence-electron chi connectivity index (χ1n) is 9.05. The van der Waals surface area contributed by atoms with Crippen molar-refractivity contribution < 1.29 is 14.0 Å². The maximum Gasteiger partial charge on any atom is 0.272 e. The molecule has 2 amide bonds. The van der Waals surface area contributed by atoms with Crippen LogP contribution in [0.5, 0.6) is 0 Å². The molecule has 1 aliphatic rings. The lowest BCUT2D eigenvalue weighted by Gasteiger charge is -2.34. The third-order valence-electron chi connectivity index (χ3n) is 4.84. The van der Waals surface area contributed by atoms with Crippen LogP contribution in [-0.2, 0) is 0 Å². The molecule has 0 radical (unpaired) electrons. The molecular weight excluding hydrogens is 359 g/mol. The van der Waals surface area contributed by atoms with Crippen molar-refractivity contribution in [2.75, 3.05) is 26.2 Å². The third-order valence-corrected chi connectivity index (χ3v) is 4.84. The number of carbonyl (C=O) groups excluding carboxylic acids is 2. The van der Waals surface area contributed by atoms with Gasteiger partial charge in [-0.15, -0.1) is 0 Å². The molecule has 0 bridgehead atoms. The van der Waals surface area contributed by atoms with Crippen LogP contribution in [0.2, 0.25) is 0 Å². The van der Waals surface area contributed by atoms with Crippen molar-refractivity contribution in [3.05, 3.63) is 84.2 Å². The van der Waals surface area contributed by atoms with E-state index in [0.717, 1.165) is 0 Å². The first-order chi connectivity index (χ1) is 13.6. The molecule has 7 heteroatoms. The number of carbonyl (C=O) groups is 2. The molecule has 2 heterocycles. The van der Waals surface area contributed by atoms with Crippen LogP contribution in [0.1, 0.15) is 20.8 Å². The molecule has 0 N–H and O–H groups in total. The largest absolute Gasteiger partial charge is 0.335 e. The van der Waals surface area contributed by atoms with Gasteiger partial charge in [-0.2, -0.15) is 0 Å². The van der Waals surface area contributed by atoms with Gasteiger partial charge in [0, 0.05) is 37.4 Å². The molecule has 1 fully saturated rings. The minimum atomic E-state index is -0.337. The fraction of sp³-hybridized carbons (Fsp3) is 0.190. The molecular formula is C21H19FN4O2. The van der Waals surface area contributed by atoms with E-state index in [1.54, 1.807) is 38.6 Å². The Morgan fingerprint density at radius 2 is 1.43 bits per heavy atom. The van der Waals surface area contributed by atoms with E-state index in [1.807, 2.05) is 18.2 Å². The summed E-state index contributed by atoms with van der Waals surface area (Å²) in [5.74, 6) is -0.520. The maximum atomic E-state index is 13.2. The van der Waals surface area contributed by atoms with E-state index in [2.05, 4.69) is 4.98 Å². The van der Waals surface area contributed by atoms with Crippen LogP contribution in [0.15, 0.2) is 67.1 Å². The highest BCUT2D eigenvalue weighted by atomic mass is 19.1. The van der Waals surface area contributed by atoms with Crippen LogP contribution in [0.3, 0.4) is 0 Å². The standard InChI is InChI=1S/C21H19FN4O2/c22-17-6-8-18(9-7-17)26-15-23-14-19(26)21(28)25-12-10-24(11-13-25)20(27)16-4-2-1-3-5-16/h1-9,14-15H,10-13H2. The van der Waals surface area contributed by atoms with Crippen molar-refractivity contribution in [2.24, 2.45) is 0 Å². The molecule has 6 nitrogen and oxygen atoms in total. The van der Waals surface area contributed by atoms with E-state index in [4.69, 9.17) is 0 Å². The van der Waals surface area contributed by atoms with Crippen molar-refractivity contribution in [1.29, 1.82) is 0 Å². The summed E-state index contributed by atoms with van der Waals surface area (Å²) in [6.45, 7) is 1.85. The minimum absolute atomic E-state index is 0.0240. The summed E-state index contributed by atoms with van der Waals surface area (Å²) in [7, 11) is 0. The van der Waals surface area contributed by atoms with Gasteiger partial charge in [0.1, 0.15) is 11.5 Å². The topological polar surface area (TPSA) is 58.4 Å². The normalized spacial score (nSPS) is 14.2. The van der Waals surface area contributed by atoms with Crippen molar-refractivity contribution in [3.63, 3.8) is 0 Å². The van der Waals surface area contributed by atoms with Gasteiger partial charge >= 0.3 is 0 Å². The highest BCUT2D eigenvalue weighted by Crippen LogP contribution is 2.16. The van der Waals surface area contributed by atoms with E-state index in [-0.39, 0.29) is 17.6 Å². The molecule has 28 heavy (non-hydrogen) atoms. The second-order valence-electron chi connectivity index (χ2n) is 6.58. The van der Waals surface area contributed by atoms with Gasteiger partial charge in [-0.25, -0.2) is 9.37 Å². The smallest absolute Gasteiger partial charge is 0.272 e. The van der Waals surface area contributed by atoms with Gasteiger partial charge in [0.2, 0.25) is 0 Å². The first-order valence-corrected chi connectivity index (χ1v) is 9.05. The molecule has 0 unspecified atom stereocenters. The summed E-state index contributed by atoms with van der Waals surface area (Å²) in [4.78, 5) is 33.1. The Labute approximate surface area is 161 Å². The average Bonchev–Trinajstić information content (AvgIpc) is 3.24. The quantitative estimate of drug-likeness (QED) is 0.704. The van der Waals surface area contributed by atoms with Gasteiger partial charge < -0.3 is 9.80 Å². The van der Waals surface area contributed by atoms with E-state index in [0.29, 0.717) is 43.1 Å². The summed E-state index contributed by atoms with van der Waals surface area (Å²) in [6.07, 6.45) is 3.04. The molecule has 0 aliphatic carbocycles. The van der Waals surface area contributed by atoms with E-state index < -0.39 is 0 Å². The minimum Gasteiger partial charge on any atom is -0.335 e. The number of piperazine rings is 1. The highest BCUT2D eigenvalue weighted by Gasteiger charge is 2.27. The number of halogens is 1. The van der Waals surface area contributed by atoms with Gasteiger partial charge in [-0.3, -0.25) is 14.2 Å². The number of hydrogen-bond donors (Lipinski definition) is 0. The lowest BCUT2D eigenvalue weighted by Crippen LogP contribution is -2.50. The summed E-state index contributed by atoms with van der Waals surface area (Å²) in [5.41, 5.74) is 1.73. The lowest BCUT2D eigenvalue weighted by molar-refractivity contribution is 0.0531. The van der Waals surface area contributed by atoms with Gasteiger partial charge in [0.15, 0.2) is 0 Å². The lowest BCUT2D eigenvalue weighted by atomic mass is 10.2. The molecule has 1 aromatic heterocycles.